The third kappa shape index (κ3) is 4.81. The van der Waals surface area contributed by atoms with Crippen molar-refractivity contribution in [1.29, 1.82) is 0 Å². The van der Waals surface area contributed by atoms with Crippen LogP contribution < -0.4 is 5.73 Å². The number of hydrogen-bond acceptors (Lipinski definition) is 3. The molecule has 1 aliphatic rings. The van der Waals surface area contributed by atoms with Crippen LogP contribution in [-0.4, -0.2) is 56.1 Å². The van der Waals surface area contributed by atoms with Crippen LogP contribution in [0.1, 0.15) is 32.6 Å². The molecular weight excluding hydrogens is 198 g/mol. The van der Waals surface area contributed by atoms with E-state index in [-0.39, 0.29) is 0 Å². The molecule has 16 heavy (non-hydrogen) atoms. The van der Waals surface area contributed by atoms with Gasteiger partial charge in [-0.2, -0.15) is 0 Å². The van der Waals surface area contributed by atoms with Crippen LogP contribution >= 0.6 is 0 Å². The van der Waals surface area contributed by atoms with Crippen LogP contribution in [0.2, 0.25) is 0 Å². The zero-order valence-electron chi connectivity index (χ0n) is 11.3. The van der Waals surface area contributed by atoms with Gasteiger partial charge in [0, 0.05) is 6.04 Å². The third-order valence-corrected chi connectivity index (χ3v) is 4.07. The topological polar surface area (TPSA) is 32.5 Å². The summed E-state index contributed by atoms with van der Waals surface area (Å²) < 4.78 is 0. The highest BCUT2D eigenvalue weighted by atomic mass is 15.1. The first-order valence-corrected chi connectivity index (χ1v) is 6.72. The van der Waals surface area contributed by atoms with E-state index in [4.69, 9.17) is 5.73 Å². The average molecular weight is 227 g/mol. The molecule has 0 radical (unpaired) electrons. The van der Waals surface area contributed by atoms with Gasteiger partial charge in [-0.25, -0.2) is 0 Å². The van der Waals surface area contributed by atoms with E-state index in [1.165, 1.54) is 38.9 Å². The molecule has 0 bridgehead atoms. The molecular formula is C13H29N3. The van der Waals surface area contributed by atoms with Crippen LogP contribution in [0.25, 0.3) is 0 Å². The number of nitrogens with zero attached hydrogens (tertiary/aromatic N) is 2. The fraction of sp³-hybridized carbons (Fsp3) is 1.00. The first kappa shape index (κ1) is 13.9. The van der Waals surface area contributed by atoms with Crippen molar-refractivity contribution < 1.29 is 0 Å². The van der Waals surface area contributed by atoms with E-state index in [2.05, 4.69) is 30.8 Å². The Hall–Kier alpha value is -0.120. The Bertz CT molecular complexity index is 174. The molecule has 1 rings (SSSR count). The Morgan fingerprint density at radius 1 is 1.38 bits per heavy atom. The number of rotatable bonds is 6. The second kappa shape index (κ2) is 7.25. The minimum Gasteiger partial charge on any atom is -0.330 e. The predicted molar refractivity (Wildman–Crippen MR) is 70.6 cm³/mol. The standard InChI is InChI=1S/C13H29N3/c1-12(4-8-14)16(3)11-7-13-5-9-15(2)10-6-13/h12-13H,4-11,14H2,1-3H3. The molecule has 1 atom stereocenters. The zero-order valence-corrected chi connectivity index (χ0v) is 11.3. The highest BCUT2D eigenvalue weighted by Gasteiger charge is 2.17. The lowest BCUT2D eigenvalue weighted by Crippen LogP contribution is -2.35. The summed E-state index contributed by atoms with van der Waals surface area (Å²) in [5, 5.41) is 0. The van der Waals surface area contributed by atoms with Crippen molar-refractivity contribution in [1.82, 2.24) is 9.80 Å². The van der Waals surface area contributed by atoms with E-state index in [1.807, 2.05) is 0 Å². The Kier molecular flexibility index (Phi) is 6.32. The minimum absolute atomic E-state index is 0.635. The van der Waals surface area contributed by atoms with E-state index in [0.29, 0.717) is 6.04 Å². The summed E-state index contributed by atoms with van der Waals surface area (Å²) >= 11 is 0. The van der Waals surface area contributed by atoms with E-state index in [1.54, 1.807) is 0 Å². The van der Waals surface area contributed by atoms with Gasteiger partial charge in [0.2, 0.25) is 0 Å². The Morgan fingerprint density at radius 3 is 2.56 bits per heavy atom. The molecule has 96 valence electrons. The maximum Gasteiger partial charge on any atom is 0.00758 e. The van der Waals surface area contributed by atoms with Crippen LogP contribution in [0.5, 0.6) is 0 Å². The summed E-state index contributed by atoms with van der Waals surface area (Å²) in [6.07, 6.45) is 5.24. The van der Waals surface area contributed by atoms with Gasteiger partial charge in [-0.3, -0.25) is 0 Å². The lowest BCUT2D eigenvalue weighted by Gasteiger charge is -2.31. The van der Waals surface area contributed by atoms with Gasteiger partial charge in [0.1, 0.15) is 0 Å². The summed E-state index contributed by atoms with van der Waals surface area (Å²) in [6, 6.07) is 0.635. The van der Waals surface area contributed by atoms with E-state index in [9.17, 15) is 0 Å². The third-order valence-electron chi connectivity index (χ3n) is 4.07. The quantitative estimate of drug-likeness (QED) is 0.744. The van der Waals surface area contributed by atoms with Crippen molar-refractivity contribution in [3.8, 4) is 0 Å². The summed E-state index contributed by atoms with van der Waals surface area (Å²) in [7, 11) is 4.46. The maximum absolute atomic E-state index is 5.59. The molecule has 1 fully saturated rings. The van der Waals surface area contributed by atoms with Crippen molar-refractivity contribution in [3.63, 3.8) is 0 Å². The molecule has 0 aromatic carbocycles. The summed E-state index contributed by atoms with van der Waals surface area (Å²) in [6.45, 7) is 6.89. The normalized spacial score (nSPS) is 21.6. The summed E-state index contributed by atoms with van der Waals surface area (Å²) in [4.78, 5) is 4.91. The van der Waals surface area contributed by atoms with Gasteiger partial charge in [0.25, 0.3) is 0 Å². The van der Waals surface area contributed by atoms with Crippen molar-refractivity contribution in [2.75, 3.05) is 40.3 Å². The molecule has 0 aromatic heterocycles. The van der Waals surface area contributed by atoms with Crippen molar-refractivity contribution in [2.24, 2.45) is 11.7 Å². The van der Waals surface area contributed by atoms with E-state index in [0.717, 1.165) is 18.9 Å². The first-order valence-electron chi connectivity index (χ1n) is 6.72. The van der Waals surface area contributed by atoms with Crippen molar-refractivity contribution in [3.05, 3.63) is 0 Å². The number of nitrogens with two attached hydrogens (primary N) is 1. The molecule has 1 saturated heterocycles. The van der Waals surface area contributed by atoms with Crippen LogP contribution in [0.4, 0.5) is 0 Å². The van der Waals surface area contributed by atoms with Gasteiger partial charge in [-0.05, 0) is 78.8 Å². The molecule has 0 aliphatic carbocycles. The Morgan fingerprint density at radius 2 is 2.00 bits per heavy atom. The molecule has 0 amide bonds. The lowest BCUT2D eigenvalue weighted by atomic mass is 9.93. The minimum atomic E-state index is 0.635. The molecule has 1 aliphatic heterocycles. The number of piperidine rings is 1. The fourth-order valence-corrected chi connectivity index (χ4v) is 2.42. The smallest absolute Gasteiger partial charge is 0.00758 e. The highest BCUT2D eigenvalue weighted by Crippen LogP contribution is 2.20. The average Bonchev–Trinajstić information content (AvgIpc) is 2.28. The second-order valence-electron chi connectivity index (χ2n) is 5.44. The van der Waals surface area contributed by atoms with Gasteiger partial charge in [0.15, 0.2) is 0 Å². The molecule has 0 spiro atoms. The summed E-state index contributed by atoms with van der Waals surface area (Å²) in [5.74, 6) is 0.948. The van der Waals surface area contributed by atoms with Crippen LogP contribution in [0.15, 0.2) is 0 Å². The zero-order chi connectivity index (χ0) is 12.0. The monoisotopic (exact) mass is 227 g/mol. The van der Waals surface area contributed by atoms with Gasteiger partial charge >= 0.3 is 0 Å². The fourth-order valence-electron chi connectivity index (χ4n) is 2.42. The van der Waals surface area contributed by atoms with E-state index < -0.39 is 0 Å². The van der Waals surface area contributed by atoms with E-state index >= 15 is 0 Å². The molecule has 2 N–H and O–H groups in total. The number of likely N-dealkylation sites (tertiary alicyclic amines) is 1. The van der Waals surface area contributed by atoms with Crippen LogP contribution in [0.3, 0.4) is 0 Å². The SMILES string of the molecule is CC(CCN)N(C)CCC1CCN(C)CC1. The van der Waals surface area contributed by atoms with Gasteiger partial charge in [0.05, 0.1) is 0 Å². The molecule has 0 aromatic rings. The molecule has 1 heterocycles. The van der Waals surface area contributed by atoms with Gasteiger partial charge in [-0.15, -0.1) is 0 Å². The predicted octanol–water partition coefficient (Wildman–Crippen LogP) is 1.39. The van der Waals surface area contributed by atoms with Crippen LogP contribution in [-0.2, 0) is 0 Å². The Labute approximate surface area is 101 Å². The van der Waals surface area contributed by atoms with Crippen molar-refractivity contribution in [2.45, 2.75) is 38.6 Å². The van der Waals surface area contributed by atoms with Gasteiger partial charge in [-0.1, -0.05) is 0 Å². The molecule has 1 unspecified atom stereocenters. The number of hydrogen-bond donors (Lipinski definition) is 1. The largest absolute Gasteiger partial charge is 0.330 e. The van der Waals surface area contributed by atoms with Crippen LogP contribution in [0, 0.1) is 5.92 Å². The molecule has 3 heteroatoms. The lowest BCUT2D eigenvalue weighted by molar-refractivity contribution is 0.179. The Balaban J connectivity index is 2.13. The molecule has 3 nitrogen and oxygen atoms in total. The van der Waals surface area contributed by atoms with Gasteiger partial charge < -0.3 is 15.5 Å². The molecule has 0 saturated carbocycles. The second-order valence-corrected chi connectivity index (χ2v) is 5.44. The highest BCUT2D eigenvalue weighted by molar-refractivity contribution is 4.72. The maximum atomic E-state index is 5.59. The summed E-state index contributed by atoms with van der Waals surface area (Å²) in [5.41, 5.74) is 5.59. The first-order chi connectivity index (χ1) is 7.63. The van der Waals surface area contributed by atoms with Crippen molar-refractivity contribution >= 4 is 0 Å².